The predicted octanol–water partition coefficient (Wildman–Crippen LogP) is 2.01. The number of aryl methyl sites for hydroxylation is 1. The molecule has 7 nitrogen and oxygen atoms in total. The molecule has 1 unspecified atom stereocenters. The van der Waals surface area contributed by atoms with E-state index in [0.29, 0.717) is 18.4 Å². The second-order valence-electron chi connectivity index (χ2n) is 6.91. The standard InChI is InChI=1S/C17H16N2O5/c1-8-2-4-10(7-12(8)19(23)24)18-16(21)14-9-3-5-11(13(20)6-9)15(14)17(18)22/h2,4,7,9,11,14-15H,3,5-6H2,1H3/t9-,11+,14+,15?/m0/s1. The number of nitro groups is 1. The van der Waals surface area contributed by atoms with Crippen molar-refractivity contribution in [1.29, 1.82) is 0 Å². The quantitative estimate of drug-likeness (QED) is 0.470. The molecule has 2 amide bonds. The Morgan fingerprint density at radius 1 is 1.12 bits per heavy atom. The van der Waals surface area contributed by atoms with Crippen LogP contribution >= 0.6 is 0 Å². The van der Waals surface area contributed by atoms with Gasteiger partial charge in [0, 0.05) is 24.0 Å². The van der Waals surface area contributed by atoms with Gasteiger partial charge in [-0.25, -0.2) is 4.90 Å². The van der Waals surface area contributed by atoms with Crippen LogP contribution in [0.4, 0.5) is 11.4 Å². The number of rotatable bonds is 2. The second kappa shape index (κ2) is 4.96. The van der Waals surface area contributed by atoms with Gasteiger partial charge in [0.1, 0.15) is 5.78 Å². The van der Waals surface area contributed by atoms with Gasteiger partial charge >= 0.3 is 0 Å². The number of amides is 2. The van der Waals surface area contributed by atoms with Gasteiger partial charge in [-0.3, -0.25) is 24.5 Å². The van der Waals surface area contributed by atoms with E-state index in [1.54, 1.807) is 13.0 Å². The van der Waals surface area contributed by atoms with Crippen LogP contribution in [-0.2, 0) is 14.4 Å². The fraction of sp³-hybridized carbons (Fsp3) is 0.471. The molecule has 24 heavy (non-hydrogen) atoms. The number of hydrogen-bond acceptors (Lipinski definition) is 5. The highest BCUT2D eigenvalue weighted by atomic mass is 16.6. The van der Waals surface area contributed by atoms with Gasteiger partial charge in [0.05, 0.1) is 22.4 Å². The van der Waals surface area contributed by atoms with E-state index in [4.69, 9.17) is 0 Å². The van der Waals surface area contributed by atoms with Crippen molar-refractivity contribution < 1.29 is 19.3 Å². The fourth-order valence-corrected chi connectivity index (χ4v) is 4.57. The van der Waals surface area contributed by atoms with Crippen molar-refractivity contribution in [1.82, 2.24) is 0 Å². The first-order valence-corrected chi connectivity index (χ1v) is 8.05. The number of imide groups is 1. The molecule has 1 aliphatic heterocycles. The van der Waals surface area contributed by atoms with Crippen LogP contribution in [0, 0.1) is 40.7 Å². The molecule has 4 fully saturated rings. The Morgan fingerprint density at radius 3 is 2.50 bits per heavy atom. The Morgan fingerprint density at radius 2 is 1.83 bits per heavy atom. The maximum Gasteiger partial charge on any atom is 0.274 e. The topological polar surface area (TPSA) is 97.6 Å². The summed E-state index contributed by atoms with van der Waals surface area (Å²) in [6.45, 7) is 1.61. The Balaban J connectivity index is 1.77. The van der Waals surface area contributed by atoms with E-state index in [0.717, 1.165) is 11.3 Å². The number of fused-ring (bicyclic) bond motifs is 2. The minimum atomic E-state index is -0.585. The molecule has 124 valence electrons. The van der Waals surface area contributed by atoms with Gasteiger partial charge in [-0.15, -0.1) is 0 Å². The summed E-state index contributed by atoms with van der Waals surface area (Å²) in [5.41, 5.74) is 0.570. The Bertz CT molecular complexity index is 802. The summed E-state index contributed by atoms with van der Waals surface area (Å²) in [5.74, 6) is -2.11. The number of carbonyl (C=O) groups is 3. The zero-order valence-electron chi connectivity index (χ0n) is 13.1. The van der Waals surface area contributed by atoms with Crippen molar-refractivity contribution in [2.24, 2.45) is 23.7 Å². The van der Waals surface area contributed by atoms with E-state index in [1.807, 2.05) is 0 Å². The number of Topliss-reactive ketones (excluding diaryl/α,β-unsaturated/α-hetero) is 1. The Kier molecular flexibility index (Phi) is 3.10. The van der Waals surface area contributed by atoms with E-state index in [1.165, 1.54) is 12.1 Å². The molecule has 3 saturated carbocycles. The molecule has 0 radical (unpaired) electrons. The van der Waals surface area contributed by atoms with Crippen LogP contribution in [0.2, 0.25) is 0 Å². The van der Waals surface area contributed by atoms with Gasteiger partial charge in [-0.1, -0.05) is 6.07 Å². The molecule has 1 saturated heterocycles. The molecular weight excluding hydrogens is 312 g/mol. The summed E-state index contributed by atoms with van der Waals surface area (Å²) in [5, 5.41) is 11.1. The number of hydrogen-bond donors (Lipinski definition) is 0. The molecule has 0 aromatic heterocycles. The zero-order chi connectivity index (χ0) is 17.2. The summed E-state index contributed by atoms with van der Waals surface area (Å²) in [6, 6.07) is 4.36. The minimum Gasteiger partial charge on any atom is -0.299 e. The van der Waals surface area contributed by atoms with Gasteiger partial charge in [0.25, 0.3) is 5.69 Å². The van der Waals surface area contributed by atoms with Crippen LogP contribution < -0.4 is 4.90 Å². The number of carbonyl (C=O) groups excluding carboxylic acids is 3. The monoisotopic (exact) mass is 328 g/mol. The molecule has 4 aliphatic rings. The van der Waals surface area contributed by atoms with Gasteiger partial charge in [-0.05, 0) is 31.7 Å². The average Bonchev–Trinajstić information content (AvgIpc) is 2.81. The number of nitrogens with zero attached hydrogens (tertiary/aromatic N) is 2. The van der Waals surface area contributed by atoms with Crippen molar-refractivity contribution in [3.63, 3.8) is 0 Å². The maximum absolute atomic E-state index is 12.8. The molecule has 0 N–H and O–H groups in total. The molecular formula is C17H16N2O5. The molecule has 2 bridgehead atoms. The third-order valence-corrected chi connectivity index (χ3v) is 5.71. The van der Waals surface area contributed by atoms with E-state index >= 15 is 0 Å². The van der Waals surface area contributed by atoms with Gasteiger partial charge in [-0.2, -0.15) is 0 Å². The molecule has 4 atom stereocenters. The van der Waals surface area contributed by atoms with Crippen molar-refractivity contribution >= 4 is 29.0 Å². The molecule has 1 aromatic rings. The second-order valence-corrected chi connectivity index (χ2v) is 6.91. The van der Waals surface area contributed by atoms with Crippen LogP contribution in [0.15, 0.2) is 18.2 Å². The SMILES string of the molecule is Cc1ccc(N2C(=O)C3[C@@H]4CC[C@@H](CC4=O)[C@H]3C2=O)cc1[N+](=O)[O-]. The average molecular weight is 328 g/mol. The molecule has 3 aliphatic carbocycles. The predicted molar refractivity (Wildman–Crippen MR) is 83.1 cm³/mol. The third-order valence-electron chi connectivity index (χ3n) is 5.71. The van der Waals surface area contributed by atoms with Crippen molar-refractivity contribution in [2.75, 3.05) is 4.90 Å². The summed E-state index contributed by atoms with van der Waals surface area (Å²) in [6.07, 6.45) is 1.82. The third kappa shape index (κ3) is 1.87. The van der Waals surface area contributed by atoms with E-state index in [9.17, 15) is 24.5 Å². The zero-order valence-corrected chi connectivity index (χ0v) is 13.1. The lowest BCUT2D eigenvalue weighted by Gasteiger charge is -2.41. The summed E-state index contributed by atoms with van der Waals surface area (Å²) >= 11 is 0. The highest BCUT2D eigenvalue weighted by Crippen LogP contribution is 2.52. The number of nitro benzene ring substituents is 1. The van der Waals surface area contributed by atoms with Gasteiger partial charge in [0.15, 0.2) is 0 Å². The highest BCUT2D eigenvalue weighted by molar-refractivity contribution is 6.23. The summed E-state index contributed by atoms with van der Waals surface area (Å²) in [4.78, 5) is 49.5. The Labute approximate surface area is 137 Å². The largest absolute Gasteiger partial charge is 0.299 e. The van der Waals surface area contributed by atoms with E-state index in [-0.39, 0.29) is 40.8 Å². The maximum atomic E-state index is 12.8. The van der Waals surface area contributed by atoms with Gasteiger partial charge < -0.3 is 0 Å². The lowest BCUT2D eigenvalue weighted by Crippen LogP contribution is -2.46. The smallest absolute Gasteiger partial charge is 0.274 e. The van der Waals surface area contributed by atoms with Crippen LogP contribution in [0.3, 0.4) is 0 Å². The van der Waals surface area contributed by atoms with E-state index in [2.05, 4.69) is 0 Å². The van der Waals surface area contributed by atoms with Crippen LogP contribution in [0.25, 0.3) is 0 Å². The lowest BCUT2D eigenvalue weighted by atomic mass is 9.59. The Hall–Kier alpha value is -2.57. The fourth-order valence-electron chi connectivity index (χ4n) is 4.57. The summed E-state index contributed by atoms with van der Waals surface area (Å²) < 4.78 is 0. The first-order chi connectivity index (χ1) is 11.4. The summed E-state index contributed by atoms with van der Waals surface area (Å²) in [7, 11) is 0. The van der Waals surface area contributed by atoms with Crippen molar-refractivity contribution in [3.8, 4) is 0 Å². The van der Waals surface area contributed by atoms with Crippen LogP contribution in [-0.4, -0.2) is 22.5 Å². The number of anilines is 1. The minimum absolute atomic E-state index is 0.0744. The molecule has 5 rings (SSSR count). The number of ketones is 1. The molecule has 1 heterocycles. The van der Waals surface area contributed by atoms with Crippen LogP contribution in [0.1, 0.15) is 24.8 Å². The first-order valence-electron chi connectivity index (χ1n) is 8.05. The van der Waals surface area contributed by atoms with Crippen LogP contribution in [0.5, 0.6) is 0 Å². The highest BCUT2D eigenvalue weighted by Gasteiger charge is 2.61. The number of benzene rings is 1. The normalized spacial score (nSPS) is 31.5. The van der Waals surface area contributed by atoms with E-state index < -0.39 is 16.8 Å². The first kappa shape index (κ1) is 15.0. The molecule has 7 heteroatoms. The lowest BCUT2D eigenvalue weighted by molar-refractivity contribution is -0.385. The van der Waals surface area contributed by atoms with Gasteiger partial charge in [0.2, 0.25) is 11.8 Å². The molecule has 1 aromatic carbocycles. The van der Waals surface area contributed by atoms with Crippen molar-refractivity contribution in [3.05, 3.63) is 33.9 Å². The molecule has 0 spiro atoms. The van der Waals surface area contributed by atoms with Crippen molar-refractivity contribution in [2.45, 2.75) is 26.2 Å².